The van der Waals surface area contributed by atoms with Crippen LogP contribution < -0.4 is 9.61 Å². The highest BCUT2D eigenvalue weighted by atomic mass is 31.2. The summed E-state index contributed by atoms with van der Waals surface area (Å²) in [5, 5.41) is 2.18. The van der Waals surface area contributed by atoms with Gasteiger partial charge in [0, 0.05) is 5.41 Å². The van der Waals surface area contributed by atoms with Crippen LogP contribution in [0, 0.1) is 5.41 Å². The maximum atomic E-state index is 14.9. The minimum atomic E-state index is -4.78. The van der Waals surface area contributed by atoms with E-state index < -0.39 is 30.6 Å². The van der Waals surface area contributed by atoms with Gasteiger partial charge < -0.3 is 9.26 Å². The van der Waals surface area contributed by atoms with Crippen LogP contribution in [0.5, 0.6) is 5.75 Å². The molecule has 1 rings (SSSR count). The van der Waals surface area contributed by atoms with Gasteiger partial charge in [0.25, 0.3) is 0 Å². The monoisotopic (exact) mass is 363 g/mol. The van der Waals surface area contributed by atoms with Crippen LogP contribution in [0.1, 0.15) is 34.6 Å². The molecule has 0 spiro atoms. The Morgan fingerprint density at radius 1 is 1.25 bits per heavy atom. The summed E-state index contributed by atoms with van der Waals surface area (Å²) >= 11 is 0. The number of halogens is 2. The number of hydrogen-bond acceptors (Lipinski definition) is 4. The second-order valence-electron chi connectivity index (χ2n) is 6.35. The summed E-state index contributed by atoms with van der Waals surface area (Å²) in [6.45, 7) is 6.75. The molecule has 0 saturated carbocycles. The third kappa shape index (κ3) is 4.54. The first-order chi connectivity index (χ1) is 10.9. The number of carbonyl (C=O) groups excluding carboxylic acids is 1. The van der Waals surface area contributed by atoms with Gasteiger partial charge >= 0.3 is 19.2 Å². The smallest absolute Gasteiger partial charge is 0.386 e. The van der Waals surface area contributed by atoms with E-state index in [1.807, 2.05) is 0 Å². The van der Waals surface area contributed by atoms with Gasteiger partial charge in [0.05, 0.1) is 6.61 Å². The first kappa shape index (κ1) is 20.6. The molecule has 0 radical (unpaired) electrons. The normalized spacial score (nSPS) is 16.1. The standard InChI is InChI=1S/C16H24F2NO4P/c1-6-22-14(20)12(2)19-24(21,16(17,18)15(3,4)5)23-13-10-8-7-9-11-13/h7-12H,6H2,1-5H3,(H,19,21)/t12-,24?/m0/s1. The summed E-state index contributed by atoms with van der Waals surface area (Å²) in [5.41, 5.74) is -5.38. The van der Waals surface area contributed by atoms with Gasteiger partial charge in [-0.2, -0.15) is 8.78 Å². The molecule has 0 aliphatic rings. The Morgan fingerprint density at radius 3 is 2.25 bits per heavy atom. The number of para-hydroxylation sites is 1. The van der Waals surface area contributed by atoms with Crippen LogP contribution in [0.4, 0.5) is 8.78 Å². The number of nitrogens with one attached hydrogen (secondary N) is 1. The largest absolute Gasteiger partial charge is 0.465 e. The van der Waals surface area contributed by atoms with Crippen molar-refractivity contribution in [2.24, 2.45) is 5.41 Å². The van der Waals surface area contributed by atoms with Crippen LogP contribution in [-0.4, -0.2) is 24.3 Å². The Hall–Kier alpha value is -1.46. The molecule has 0 saturated heterocycles. The minimum absolute atomic E-state index is 0.0216. The average Bonchev–Trinajstić information content (AvgIpc) is 2.47. The van der Waals surface area contributed by atoms with Gasteiger partial charge in [0.2, 0.25) is 0 Å². The van der Waals surface area contributed by atoms with Crippen molar-refractivity contribution >= 4 is 13.5 Å². The molecule has 1 aromatic carbocycles. The van der Waals surface area contributed by atoms with E-state index in [2.05, 4.69) is 5.09 Å². The molecule has 0 aliphatic carbocycles. The number of esters is 1. The van der Waals surface area contributed by atoms with Gasteiger partial charge in [-0.05, 0) is 26.0 Å². The molecule has 1 N–H and O–H groups in total. The summed E-state index contributed by atoms with van der Waals surface area (Å²) in [6, 6.07) is 6.44. The highest BCUT2D eigenvalue weighted by molar-refractivity contribution is 7.58. The molecule has 1 aromatic rings. The second kappa shape index (κ2) is 7.62. The van der Waals surface area contributed by atoms with Crippen molar-refractivity contribution in [2.45, 2.75) is 46.3 Å². The third-order valence-electron chi connectivity index (χ3n) is 3.25. The van der Waals surface area contributed by atoms with Gasteiger partial charge in [0.15, 0.2) is 0 Å². The van der Waals surface area contributed by atoms with Gasteiger partial charge in [-0.1, -0.05) is 39.0 Å². The van der Waals surface area contributed by atoms with Crippen molar-refractivity contribution in [3.63, 3.8) is 0 Å². The molecule has 0 fully saturated rings. The van der Waals surface area contributed by atoms with Gasteiger partial charge in [-0.25, -0.2) is 5.09 Å². The number of ether oxygens (including phenoxy) is 1. The molecular formula is C16H24F2NO4P. The van der Waals surface area contributed by atoms with Crippen molar-refractivity contribution in [1.29, 1.82) is 0 Å². The van der Waals surface area contributed by atoms with Crippen molar-refractivity contribution < 1.29 is 27.4 Å². The SMILES string of the molecule is CCOC(=O)[C@H](C)NP(=O)(Oc1ccccc1)C(F)(F)C(C)(C)C. The fourth-order valence-corrected chi connectivity index (χ4v) is 4.06. The van der Waals surface area contributed by atoms with Crippen LogP contribution in [0.25, 0.3) is 0 Å². The van der Waals surface area contributed by atoms with E-state index in [1.54, 1.807) is 25.1 Å². The molecule has 0 bridgehead atoms. The number of rotatable bonds is 7. The van der Waals surface area contributed by atoms with E-state index in [-0.39, 0.29) is 12.4 Å². The topological polar surface area (TPSA) is 64.6 Å². The average molecular weight is 363 g/mol. The van der Waals surface area contributed by atoms with E-state index in [4.69, 9.17) is 9.26 Å². The van der Waals surface area contributed by atoms with Crippen molar-refractivity contribution in [3.05, 3.63) is 30.3 Å². The van der Waals surface area contributed by atoms with E-state index in [0.29, 0.717) is 0 Å². The molecule has 24 heavy (non-hydrogen) atoms. The Labute approximate surface area is 141 Å². The van der Waals surface area contributed by atoms with E-state index >= 15 is 0 Å². The number of hydrogen-bond donors (Lipinski definition) is 1. The van der Waals surface area contributed by atoms with Crippen LogP contribution in [0.2, 0.25) is 0 Å². The Kier molecular flexibility index (Phi) is 6.53. The molecular weight excluding hydrogens is 339 g/mol. The molecule has 0 heterocycles. The Balaban J connectivity index is 3.21. The van der Waals surface area contributed by atoms with E-state index in [0.717, 1.165) is 0 Å². The van der Waals surface area contributed by atoms with Crippen molar-refractivity contribution in [2.75, 3.05) is 6.61 Å². The maximum Gasteiger partial charge on any atom is 0.386 e. The third-order valence-corrected chi connectivity index (χ3v) is 5.86. The van der Waals surface area contributed by atoms with E-state index in [9.17, 15) is 18.1 Å². The minimum Gasteiger partial charge on any atom is -0.465 e. The van der Waals surface area contributed by atoms with Crippen LogP contribution in [0.15, 0.2) is 30.3 Å². The quantitative estimate of drug-likeness (QED) is 0.573. The van der Waals surface area contributed by atoms with E-state index in [1.165, 1.54) is 39.8 Å². The number of alkyl halides is 2. The van der Waals surface area contributed by atoms with Gasteiger partial charge in [-0.15, -0.1) is 0 Å². The Bertz CT molecular complexity index is 602. The second-order valence-corrected chi connectivity index (χ2v) is 8.46. The first-order valence-electron chi connectivity index (χ1n) is 7.61. The predicted octanol–water partition coefficient (Wildman–Crippen LogP) is 4.44. The van der Waals surface area contributed by atoms with Crippen molar-refractivity contribution in [3.8, 4) is 5.75 Å². The van der Waals surface area contributed by atoms with Crippen LogP contribution >= 0.6 is 7.52 Å². The van der Waals surface area contributed by atoms with Crippen LogP contribution in [-0.2, 0) is 14.1 Å². The highest BCUT2D eigenvalue weighted by Gasteiger charge is 2.61. The number of carbonyl (C=O) groups is 1. The maximum absolute atomic E-state index is 14.9. The molecule has 5 nitrogen and oxygen atoms in total. The summed E-state index contributed by atoms with van der Waals surface area (Å²) in [6.07, 6.45) is 0. The molecule has 0 amide bonds. The highest BCUT2D eigenvalue weighted by Crippen LogP contribution is 2.64. The first-order valence-corrected chi connectivity index (χ1v) is 9.24. The zero-order valence-corrected chi connectivity index (χ0v) is 15.4. The molecule has 8 heteroatoms. The summed E-state index contributed by atoms with van der Waals surface area (Å²) in [5.74, 6) is -0.757. The molecule has 1 unspecified atom stereocenters. The predicted molar refractivity (Wildman–Crippen MR) is 88.3 cm³/mol. The summed E-state index contributed by atoms with van der Waals surface area (Å²) < 4.78 is 52.8. The fourth-order valence-electron chi connectivity index (χ4n) is 1.81. The van der Waals surface area contributed by atoms with Gasteiger partial charge in [-0.3, -0.25) is 9.36 Å². The molecule has 0 aliphatic heterocycles. The molecule has 136 valence electrons. The zero-order chi connectivity index (χ0) is 18.6. The zero-order valence-electron chi connectivity index (χ0n) is 14.5. The summed E-state index contributed by atoms with van der Waals surface area (Å²) in [7, 11) is -4.78. The molecule has 0 aromatic heterocycles. The molecule has 2 atom stereocenters. The van der Waals surface area contributed by atoms with Gasteiger partial charge in [0.1, 0.15) is 11.8 Å². The van der Waals surface area contributed by atoms with Crippen molar-refractivity contribution in [1.82, 2.24) is 5.09 Å². The Morgan fingerprint density at radius 2 is 1.79 bits per heavy atom. The lowest BCUT2D eigenvalue weighted by Crippen LogP contribution is -2.44. The summed E-state index contributed by atoms with van der Waals surface area (Å²) in [4.78, 5) is 11.7. The van der Waals surface area contributed by atoms with Crippen LogP contribution in [0.3, 0.4) is 0 Å². The lowest BCUT2D eigenvalue weighted by atomic mass is 9.97. The number of benzene rings is 1. The lowest BCUT2D eigenvalue weighted by Gasteiger charge is -2.37. The fraction of sp³-hybridized carbons (Fsp3) is 0.562. The lowest BCUT2D eigenvalue weighted by molar-refractivity contribution is -0.144.